The molecule has 0 heterocycles. The van der Waals surface area contributed by atoms with Gasteiger partial charge in [-0.05, 0) is 0 Å². The van der Waals surface area contributed by atoms with Crippen LogP contribution < -0.4 is 0 Å². The van der Waals surface area contributed by atoms with Crippen LogP contribution in [-0.4, -0.2) is 29.6 Å². The molecule has 0 aromatic rings. The average Bonchev–Trinajstić information content (AvgIpc) is 0.811. The van der Waals surface area contributed by atoms with Crippen molar-refractivity contribution >= 4 is 57.1 Å². The van der Waals surface area contributed by atoms with Gasteiger partial charge in [-0.15, -0.1) is 0 Å². The average molecular weight is 326 g/mol. The molecule has 0 amide bonds. The van der Waals surface area contributed by atoms with Gasteiger partial charge in [0.15, 0.2) is 0 Å². The summed E-state index contributed by atoms with van der Waals surface area (Å²) in [6.45, 7) is 0. The Morgan fingerprint density at radius 2 is 1.00 bits per heavy atom. The molecule has 0 bridgehead atoms. The Balaban J connectivity index is 0. The fraction of sp³-hybridized carbons (Fsp3) is 0. The van der Waals surface area contributed by atoms with Crippen molar-refractivity contribution in [1.82, 2.24) is 0 Å². The van der Waals surface area contributed by atoms with Crippen LogP contribution in [0.2, 0.25) is 0 Å². The van der Waals surface area contributed by atoms with Gasteiger partial charge in [-0.2, -0.15) is 0 Å². The normalized spacial score (nSPS) is 9.00. The largest absolute Gasteiger partial charge is 0 e. The van der Waals surface area contributed by atoms with Crippen molar-refractivity contribution in [2.45, 2.75) is 0 Å². The predicted molar refractivity (Wildman–Crippen MR) is 23.3 cm³/mol. The minimum absolute atomic E-state index is 0. The van der Waals surface area contributed by atoms with Crippen molar-refractivity contribution in [2.75, 3.05) is 0 Å². The third-order valence-corrected chi connectivity index (χ3v) is 0. The van der Waals surface area contributed by atoms with Crippen molar-refractivity contribution in [3.63, 3.8) is 0 Å². The first-order valence-corrected chi connectivity index (χ1v) is 8.40. The zero-order chi connectivity index (χ0) is 3.58. The van der Waals surface area contributed by atoms with Crippen LogP contribution in [0, 0.1) is 0 Å². The first kappa shape index (κ1) is 10.6. The molecule has 33 valence electrons. The molecule has 0 rings (SSSR count). The number of rotatable bonds is 0. The second kappa shape index (κ2) is 6.61. The van der Waals surface area contributed by atoms with E-state index in [9.17, 15) is 0 Å². The Labute approximate surface area is 71.0 Å². The Kier molecular flexibility index (Phi) is 14.0. The quantitative estimate of drug-likeness (QED) is 0.594. The van der Waals surface area contributed by atoms with E-state index in [0.29, 0.717) is 0 Å². The van der Waals surface area contributed by atoms with E-state index in [1.807, 2.05) is 0 Å². The first-order valence-electron chi connectivity index (χ1n) is 0.342. The summed E-state index contributed by atoms with van der Waals surface area (Å²) in [6, 6.07) is 0. The maximum atomic E-state index is 4.95. The van der Waals surface area contributed by atoms with Crippen LogP contribution in [-0.2, 0) is 15.2 Å². The summed E-state index contributed by atoms with van der Waals surface area (Å²) in [6.07, 6.45) is 0. The summed E-state index contributed by atoms with van der Waals surface area (Å²) < 4.78 is 0. The molecule has 0 saturated heterocycles. The van der Waals surface area contributed by atoms with Crippen LogP contribution in [0.15, 0.2) is 0 Å². The van der Waals surface area contributed by atoms with Gasteiger partial charge in [-0.25, -0.2) is 0 Å². The second-order valence-electron chi connectivity index (χ2n) is 0.129. The molecule has 0 aromatic heterocycles. The smallest absolute Gasteiger partial charge is 0 e. The number of hydrogen-bond donors (Lipinski definition) is 0. The minimum atomic E-state index is -1.79. The zero-order valence-electron chi connectivity index (χ0n) is 2.44. The SMILES string of the molecule is [Cl][Au]([Cl])[Cl].[Na]. The van der Waals surface area contributed by atoms with Gasteiger partial charge in [0.05, 0.1) is 0 Å². The summed E-state index contributed by atoms with van der Waals surface area (Å²) >= 11 is -1.79. The van der Waals surface area contributed by atoms with E-state index in [2.05, 4.69) is 0 Å². The first-order chi connectivity index (χ1) is 1.73. The standard InChI is InChI=1S/Au.3ClH.Na/h;3*1H;/q+3;;;;/p-3. The van der Waals surface area contributed by atoms with E-state index < -0.39 is 15.2 Å². The molecule has 1 radical (unpaired) electrons. The molecule has 5 heavy (non-hydrogen) atoms. The maximum absolute atomic E-state index is 4.95. The number of hydrogen-bond acceptors (Lipinski definition) is 0. The van der Waals surface area contributed by atoms with Gasteiger partial charge in [0.25, 0.3) is 0 Å². The molecule has 0 unspecified atom stereocenters. The maximum Gasteiger partial charge on any atom is 0 e. The molecule has 0 aliphatic rings. The summed E-state index contributed by atoms with van der Waals surface area (Å²) in [5.41, 5.74) is 0. The van der Waals surface area contributed by atoms with Gasteiger partial charge < -0.3 is 0 Å². The van der Waals surface area contributed by atoms with Gasteiger partial charge in [-0.1, -0.05) is 0 Å². The van der Waals surface area contributed by atoms with Gasteiger partial charge >= 0.3 is 42.8 Å². The molecule has 0 fully saturated rings. The second-order valence-corrected chi connectivity index (χ2v) is 9.52. The monoisotopic (exact) mass is 325 g/mol. The molecule has 0 aliphatic heterocycles. The predicted octanol–water partition coefficient (Wildman–Crippen LogP) is 1.69. The van der Waals surface area contributed by atoms with E-state index in [1.54, 1.807) is 0 Å². The fourth-order valence-corrected chi connectivity index (χ4v) is 0. The Bertz CT molecular complexity index is 11.6. The molecule has 0 aromatic carbocycles. The van der Waals surface area contributed by atoms with E-state index >= 15 is 0 Å². The summed E-state index contributed by atoms with van der Waals surface area (Å²) in [5, 5.41) is 0. The van der Waals surface area contributed by atoms with Crippen molar-refractivity contribution in [3.8, 4) is 0 Å². The van der Waals surface area contributed by atoms with Crippen LogP contribution in [0.5, 0.6) is 0 Å². The van der Waals surface area contributed by atoms with Crippen molar-refractivity contribution in [2.24, 2.45) is 0 Å². The molecular formula is AuCl3Na. The van der Waals surface area contributed by atoms with E-state index in [1.165, 1.54) is 0 Å². The molecule has 0 atom stereocenters. The summed E-state index contributed by atoms with van der Waals surface area (Å²) in [4.78, 5) is 0. The van der Waals surface area contributed by atoms with E-state index in [-0.39, 0.29) is 29.6 Å². The third-order valence-electron chi connectivity index (χ3n) is 0. The topological polar surface area (TPSA) is 0 Å². The Hall–Kier alpha value is 2.61. The summed E-state index contributed by atoms with van der Waals surface area (Å²) in [5.74, 6) is 0. The fourth-order valence-electron chi connectivity index (χ4n) is 0. The van der Waals surface area contributed by atoms with E-state index in [4.69, 9.17) is 27.6 Å². The summed E-state index contributed by atoms with van der Waals surface area (Å²) in [7, 11) is 14.9. The molecule has 0 nitrogen and oxygen atoms in total. The van der Waals surface area contributed by atoms with Crippen LogP contribution in [0.3, 0.4) is 0 Å². The van der Waals surface area contributed by atoms with Gasteiger partial charge in [-0.3, -0.25) is 0 Å². The van der Waals surface area contributed by atoms with Crippen molar-refractivity contribution < 1.29 is 15.2 Å². The van der Waals surface area contributed by atoms with E-state index in [0.717, 1.165) is 0 Å². The number of halogens is 3. The molecule has 0 N–H and O–H groups in total. The van der Waals surface area contributed by atoms with Crippen LogP contribution in [0.25, 0.3) is 0 Å². The van der Waals surface area contributed by atoms with Gasteiger partial charge in [0.2, 0.25) is 0 Å². The Morgan fingerprint density at radius 1 is 1.00 bits per heavy atom. The molecule has 5 heteroatoms. The molecule has 0 saturated carbocycles. The minimum Gasteiger partial charge on any atom is 0 e. The van der Waals surface area contributed by atoms with Crippen LogP contribution >= 0.6 is 27.6 Å². The van der Waals surface area contributed by atoms with Crippen LogP contribution in [0.1, 0.15) is 0 Å². The zero-order valence-corrected chi connectivity index (χ0v) is 8.87. The Morgan fingerprint density at radius 3 is 1.00 bits per heavy atom. The molecule has 0 spiro atoms. The van der Waals surface area contributed by atoms with Gasteiger partial charge in [0.1, 0.15) is 0 Å². The third kappa shape index (κ3) is 20.6. The molecule has 0 aliphatic carbocycles. The van der Waals surface area contributed by atoms with Gasteiger partial charge in [0, 0.05) is 29.6 Å². The van der Waals surface area contributed by atoms with Crippen molar-refractivity contribution in [1.29, 1.82) is 0 Å². The van der Waals surface area contributed by atoms with Crippen LogP contribution in [0.4, 0.5) is 0 Å². The van der Waals surface area contributed by atoms with Crippen molar-refractivity contribution in [3.05, 3.63) is 0 Å². The molecular weight excluding hydrogens is 326 g/mol.